The highest BCUT2D eigenvalue weighted by Gasteiger charge is 2.39. The average molecular weight is 573 g/mol. The van der Waals surface area contributed by atoms with Crippen LogP contribution in [0.25, 0.3) is 27.4 Å². The molecule has 1 fully saturated rings. The summed E-state index contributed by atoms with van der Waals surface area (Å²) in [5, 5.41) is 9.50. The van der Waals surface area contributed by atoms with E-state index in [4.69, 9.17) is 23.6 Å². The highest BCUT2D eigenvalue weighted by molar-refractivity contribution is 7.16. The SMILES string of the molecule is COc1cc(OCc2csc(C3(c4cccc(C)c4)CCOCC3)n2)c2cc(-c3cn4nc(C)sc4n3)oc2c1. The number of imidazole rings is 1. The summed E-state index contributed by atoms with van der Waals surface area (Å²) in [5.41, 5.74) is 4.72. The number of aromatic nitrogens is 4. The molecule has 204 valence electrons. The zero-order chi connectivity index (χ0) is 27.3. The minimum atomic E-state index is -0.137. The number of nitrogens with zero attached hydrogens (tertiary/aromatic N) is 4. The van der Waals surface area contributed by atoms with E-state index in [0.29, 0.717) is 29.4 Å². The lowest BCUT2D eigenvalue weighted by Crippen LogP contribution is -2.35. The Bertz CT molecular complexity index is 1790. The van der Waals surface area contributed by atoms with Gasteiger partial charge in [0, 0.05) is 30.7 Å². The van der Waals surface area contributed by atoms with E-state index in [-0.39, 0.29) is 5.41 Å². The second kappa shape index (κ2) is 10.0. The molecule has 5 heterocycles. The number of fused-ring (bicyclic) bond motifs is 2. The smallest absolute Gasteiger partial charge is 0.212 e. The van der Waals surface area contributed by atoms with Crippen LogP contribution in [0, 0.1) is 13.8 Å². The molecular formula is C30H28N4O4S2. The molecule has 7 rings (SSSR count). The normalized spacial score (nSPS) is 15.2. The van der Waals surface area contributed by atoms with E-state index in [0.717, 1.165) is 57.8 Å². The molecule has 0 aliphatic carbocycles. The van der Waals surface area contributed by atoms with Gasteiger partial charge in [0.2, 0.25) is 4.96 Å². The molecule has 0 amide bonds. The standard InChI is InChI=1S/C30H28N4O4S2/c1-18-5-4-6-20(11-18)30(7-9-36-10-8-30)28-31-21(17-39-28)16-37-25-12-22(35-3)13-26-23(25)14-27(38-26)24-15-34-29(32-24)40-19(2)33-34/h4-6,11-15,17H,7-10,16H2,1-3H3. The Morgan fingerprint density at radius 3 is 2.75 bits per heavy atom. The Hall–Kier alpha value is -3.73. The zero-order valence-electron chi connectivity index (χ0n) is 22.5. The molecule has 0 N–H and O–H groups in total. The number of methoxy groups -OCH3 is 1. The van der Waals surface area contributed by atoms with E-state index >= 15 is 0 Å². The molecule has 0 radical (unpaired) electrons. The molecule has 0 saturated carbocycles. The molecule has 4 aromatic heterocycles. The first-order valence-electron chi connectivity index (χ1n) is 13.2. The second-order valence-corrected chi connectivity index (χ2v) is 12.1. The lowest BCUT2D eigenvalue weighted by molar-refractivity contribution is 0.0629. The Balaban J connectivity index is 1.18. The summed E-state index contributed by atoms with van der Waals surface area (Å²) in [4.78, 5) is 10.6. The maximum absolute atomic E-state index is 6.36. The number of benzene rings is 2. The van der Waals surface area contributed by atoms with Crippen LogP contribution < -0.4 is 9.47 Å². The lowest BCUT2D eigenvalue weighted by atomic mass is 9.74. The van der Waals surface area contributed by atoms with Gasteiger partial charge in [-0.2, -0.15) is 5.10 Å². The predicted molar refractivity (Wildman–Crippen MR) is 156 cm³/mol. The number of ether oxygens (including phenoxy) is 3. The fourth-order valence-electron chi connectivity index (χ4n) is 5.40. The van der Waals surface area contributed by atoms with Crippen LogP contribution in [0.5, 0.6) is 11.5 Å². The second-order valence-electron chi connectivity index (χ2n) is 10.1. The molecule has 40 heavy (non-hydrogen) atoms. The number of thiazole rings is 1. The van der Waals surface area contributed by atoms with Crippen LogP contribution in [0.2, 0.25) is 0 Å². The molecule has 1 saturated heterocycles. The third kappa shape index (κ3) is 4.46. The van der Waals surface area contributed by atoms with Crippen molar-refractivity contribution in [3.63, 3.8) is 0 Å². The Labute approximate surface area is 239 Å². The van der Waals surface area contributed by atoms with Crippen molar-refractivity contribution in [2.24, 2.45) is 0 Å². The van der Waals surface area contributed by atoms with Crippen molar-refractivity contribution in [1.82, 2.24) is 19.6 Å². The van der Waals surface area contributed by atoms with Gasteiger partial charge in [-0.1, -0.05) is 41.2 Å². The van der Waals surface area contributed by atoms with E-state index in [9.17, 15) is 0 Å². The van der Waals surface area contributed by atoms with Crippen LogP contribution in [0.3, 0.4) is 0 Å². The molecular weight excluding hydrogens is 544 g/mol. The van der Waals surface area contributed by atoms with Gasteiger partial charge in [0.25, 0.3) is 0 Å². The molecule has 10 heteroatoms. The molecule has 0 atom stereocenters. The van der Waals surface area contributed by atoms with Gasteiger partial charge < -0.3 is 18.6 Å². The highest BCUT2D eigenvalue weighted by atomic mass is 32.1. The van der Waals surface area contributed by atoms with Gasteiger partial charge in [0.05, 0.1) is 29.8 Å². The number of aryl methyl sites for hydroxylation is 2. The summed E-state index contributed by atoms with van der Waals surface area (Å²) in [6.07, 6.45) is 3.71. The minimum Gasteiger partial charge on any atom is -0.496 e. The van der Waals surface area contributed by atoms with Gasteiger partial charge in [-0.05, 0) is 38.3 Å². The van der Waals surface area contributed by atoms with Crippen LogP contribution in [0.15, 0.2) is 58.5 Å². The van der Waals surface area contributed by atoms with Crippen molar-refractivity contribution in [1.29, 1.82) is 0 Å². The predicted octanol–water partition coefficient (Wildman–Crippen LogP) is 6.96. The number of hydrogen-bond acceptors (Lipinski definition) is 9. The Morgan fingerprint density at radius 2 is 1.95 bits per heavy atom. The Morgan fingerprint density at radius 1 is 1.07 bits per heavy atom. The molecule has 1 aliphatic rings. The van der Waals surface area contributed by atoms with Crippen molar-refractivity contribution in [3.05, 3.63) is 80.9 Å². The first-order valence-corrected chi connectivity index (χ1v) is 14.9. The first kappa shape index (κ1) is 25.3. The Kier molecular flexibility index (Phi) is 6.33. The third-order valence-electron chi connectivity index (χ3n) is 7.46. The molecule has 0 bridgehead atoms. The van der Waals surface area contributed by atoms with Crippen LogP contribution in [-0.2, 0) is 16.8 Å². The summed E-state index contributed by atoms with van der Waals surface area (Å²) in [6.45, 7) is 5.90. The van der Waals surface area contributed by atoms with E-state index in [1.165, 1.54) is 11.1 Å². The molecule has 8 nitrogen and oxygen atoms in total. The van der Waals surface area contributed by atoms with E-state index in [1.54, 1.807) is 34.3 Å². The number of rotatable bonds is 7. The summed E-state index contributed by atoms with van der Waals surface area (Å²) in [6, 6.07) is 14.5. The molecule has 0 spiro atoms. The summed E-state index contributed by atoms with van der Waals surface area (Å²) in [7, 11) is 1.64. The van der Waals surface area contributed by atoms with Crippen LogP contribution in [-0.4, -0.2) is 39.9 Å². The average Bonchev–Trinajstić information content (AvgIpc) is 3.75. The van der Waals surface area contributed by atoms with Crippen LogP contribution >= 0.6 is 22.7 Å². The molecule has 1 aliphatic heterocycles. The minimum absolute atomic E-state index is 0.137. The fraction of sp³-hybridized carbons (Fsp3) is 0.300. The molecule has 2 aromatic carbocycles. The van der Waals surface area contributed by atoms with Crippen LogP contribution in [0.1, 0.15) is 39.7 Å². The van der Waals surface area contributed by atoms with Crippen molar-refractivity contribution >= 4 is 38.6 Å². The first-order chi connectivity index (χ1) is 19.5. The molecule has 6 aromatic rings. The fourth-order valence-corrected chi connectivity index (χ4v) is 7.21. The van der Waals surface area contributed by atoms with Gasteiger partial charge in [-0.25, -0.2) is 14.5 Å². The molecule has 0 unspecified atom stereocenters. The summed E-state index contributed by atoms with van der Waals surface area (Å²) < 4.78 is 25.6. The van der Waals surface area contributed by atoms with Gasteiger partial charge in [-0.3, -0.25) is 0 Å². The van der Waals surface area contributed by atoms with Gasteiger partial charge in [-0.15, -0.1) is 11.3 Å². The zero-order valence-corrected chi connectivity index (χ0v) is 24.1. The number of hydrogen-bond donors (Lipinski definition) is 0. The van der Waals surface area contributed by atoms with Gasteiger partial charge in [0.15, 0.2) is 5.76 Å². The van der Waals surface area contributed by atoms with E-state index < -0.39 is 0 Å². The largest absolute Gasteiger partial charge is 0.496 e. The monoisotopic (exact) mass is 572 g/mol. The number of furan rings is 1. The lowest BCUT2D eigenvalue weighted by Gasteiger charge is -2.36. The van der Waals surface area contributed by atoms with E-state index in [2.05, 4.69) is 46.7 Å². The van der Waals surface area contributed by atoms with Gasteiger partial charge >= 0.3 is 0 Å². The quantitative estimate of drug-likeness (QED) is 0.204. The third-order valence-corrected chi connectivity index (χ3v) is 9.39. The highest BCUT2D eigenvalue weighted by Crippen LogP contribution is 2.43. The van der Waals surface area contributed by atoms with Crippen LogP contribution in [0.4, 0.5) is 0 Å². The van der Waals surface area contributed by atoms with E-state index in [1.807, 2.05) is 31.3 Å². The summed E-state index contributed by atoms with van der Waals surface area (Å²) >= 11 is 3.24. The van der Waals surface area contributed by atoms with Gasteiger partial charge in [0.1, 0.15) is 39.4 Å². The van der Waals surface area contributed by atoms with Crippen molar-refractivity contribution in [2.45, 2.75) is 38.7 Å². The van der Waals surface area contributed by atoms with Crippen molar-refractivity contribution in [2.75, 3.05) is 20.3 Å². The maximum atomic E-state index is 6.36. The topological polar surface area (TPSA) is 83.9 Å². The van der Waals surface area contributed by atoms with Crippen molar-refractivity contribution in [3.8, 4) is 23.0 Å². The maximum Gasteiger partial charge on any atom is 0.212 e. The summed E-state index contributed by atoms with van der Waals surface area (Å²) in [5.74, 6) is 1.98. The van der Waals surface area contributed by atoms with Crippen molar-refractivity contribution < 1.29 is 18.6 Å².